The van der Waals surface area contributed by atoms with Gasteiger partial charge in [0.05, 0.1) is 11.4 Å². The molecule has 0 saturated carbocycles. The summed E-state index contributed by atoms with van der Waals surface area (Å²) in [5.41, 5.74) is 2.56. The highest BCUT2D eigenvalue weighted by atomic mass is 32.1. The Morgan fingerprint density at radius 1 is 0.700 bits per heavy atom. The van der Waals surface area contributed by atoms with Crippen LogP contribution in [0.3, 0.4) is 0 Å². The molecule has 3 aromatic rings. The molecule has 2 aliphatic carbocycles. The molecule has 5 rings (SSSR count). The fourth-order valence-corrected chi connectivity index (χ4v) is 5.91. The number of aryl methyl sites for hydroxylation is 4. The number of pyridine rings is 1. The van der Waals surface area contributed by atoms with E-state index in [9.17, 15) is 9.59 Å². The van der Waals surface area contributed by atoms with Crippen LogP contribution < -0.4 is 10.6 Å². The van der Waals surface area contributed by atoms with Crippen molar-refractivity contribution >= 4 is 44.8 Å². The highest BCUT2D eigenvalue weighted by Crippen LogP contribution is 2.30. The maximum Gasteiger partial charge on any atom is 0.276 e. The molecule has 0 saturated heterocycles. The van der Waals surface area contributed by atoms with Crippen molar-refractivity contribution in [3.8, 4) is 0 Å². The minimum absolute atomic E-state index is 0.189. The molecule has 3 aromatic heterocycles. The lowest BCUT2D eigenvalue weighted by atomic mass is 10.0. The molecule has 0 radical (unpaired) electrons. The first kappa shape index (κ1) is 19.3. The minimum Gasteiger partial charge on any atom is -0.296 e. The number of carbonyl (C=O) groups excluding carboxylic acids is 2. The highest BCUT2D eigenvalue weighted by Gasteiger charge is 2.20. The molecular weight excluding hydrogens is 418 g/mol. The third-order valence-electron chi connectivity index (χ3n) is 5.35. The van der Waals surface area contributed by atoms with Crippen LogP contribution in [0.5, 0.6) is 0 Å². The van der Waals surface area contributed by atoms with Gasteiger partial charge >= 0.3 is 0 Å². The van der Waals surface area contributed by atoms with E-state index in [0.29, 0.717) is 10.3 Å². The molecule has 30 heavy (non-hydrogen) atoms. The van der Waals surface area contributed by atoms with E-state index in [1.165, 1.54) is 45.3 Å². The second-order valence-corrected chi connectivity index (χ2v) is 9.68. The van der Waals surface area contributed by atoms with Gasteiger partial charge in [-0.1, -0.05) is 6.07 Å². The van der Waals surface area contributed by atoms with Gasteiger partial charge in [-0.05, 0) is 63.5 Å². The Bertz CT molecular complexity index is 990. The van der Waals surface area contributed by atoms with Gasteiger partial charge in [0.15, 0.2) is 10.3 Å². The number of fused-ring (bicyclic) bond motifs is 2. The van der Waals surface area contributed by atoms with Gasteiger partial charge in [-0.15, -0.1) is 22.7 Å². The molecule has 2 amide bonds. The molecule has 3 heterocycles. The van der Waals surface area contributed by atoms with Crippen molar-refractivity contribution in [3.63, 3.8) is 0 Å². The normalized spacial score (nSPS) is 15.2. The van der Waals surface area contributed by atoms with Crippen molar-refractivity contribution in [2.75, 3.05) is 10.6 Å². The molecule has 7 nitrogen and oxygen atoms in total. The van der Waals surface area contributed by atoms with Crippen LogP contribution in [0.25, 0.3) is 0 Å². The Morgan fingerprint density at radius 3 is 1.63 bits per heavy atom. The van der Waals surface area contributed by atoms with Gasteiger partial charge in [0.25, 0.3) is 11.8 Å². The number of anilines is 2. The van der Waals surface area contributed by atoms with Gasteiger partial charge in [-0.2, -0.15) is 0 Å². The minimum atomic E-state index is -0.361. The lowest BCUT2D eigenvalue weighted by Gasteiger charge is -2.06. The summed E-state index contributed by atoms with van der Waals surface area (Å²) in [7, 11) is 0. The second-order valence-electron chi connectivity index (χ2n) is 7.51. The molecule has 0 bridgehead atoms. The summed E-state index contributed by atoms with van der Waals surface area (Å²) in [5, 5.41) is 6.85. The summed E-state index contributed by atoms with van der Waals surface area (Å²) in [6, 6.07) is 4.86. The Morgan fingerprint density at radius 2 is 1.17 bits per heavy atom. The molecule has 0 fully saturated rings. The average Bonchev–Trinajstić information content (AvgIpc) is 3.36. The van der Waals surface area contributed by atoms with Crippen molar-refractivity contribution in [2.45, 2.75) is 51.4 Å². The number of rotatable bonds is 4. The predicted molar refractivity (Wildman–Crippen MR) is 118 cm³/mol. The quantitative estimate of drug-likeness (QED) is 0.633. The second kappa shape index (κ2) is 8.23. The predicted octanol–water partition coefficient (Wildman–Crippen LogP) is 4.26. The smallest absolute Gasteiger partial charge is 0.276 e. The summed E-state index contributed by atoms with van der Waals surface area (Å²) in [6.45, 7) is 0. The number of nitrogens with one attached hydrogen (secondary N) is 2. The Hall–Kier alpha value is -2.65. The number of nitrogens with zero attached hydrogens (tertiary/aromatic N) is 3. The molecule has 0 spiro atoms. The maximum atomic E-state index is 12.6. The molecule has 154 valence electrons. The van der Waals surface area contributed by atoms with Gasteiger partial charge in [0, 0.05) is 9.75 Å². The molecule has 0 aliphatic heterocycles. The van der Waals surface area contributed by atoms with Crippen LogP contribution in [-0.2, 0) is 25.7 Å². The van der Waals surface area contributed by atoms with Crippen LogP contribution in [0.15, 0.2) is 18.2 Å². The Labute approximate surface area is 182 Å². The molecule has 2 N–H and O–H groups in total. The van der Waals surface area contributed by atoms with E-state index in [4.69, 9.17) is 0 Å². The topological polar surface area (TPSA) is 96.9 Å². The zero-order valence-corrected chi connectivity index (χ0v) is 18.0. The SMILES string of the molecule is O=C(Nc1nc2c(s1)CCCC2)c1cccc(C(=O)Nc2nc3c(s2)CCCC3)n1. The van der Waals surface area contributed by atoms with E-state index in [0.717, 1.165) is 49.9 Å². The highest BCUT2D eigenvalue weighted by molar-refractivity contribution is 7.16. The summed E-state index contributed by atoms with van der Waals surface area (Å²) >= 11 is 3.05. The van der Waals surface area contributed by atoms with Crippen LogP contribution in [0.1, 0.15) is 67.8 Å². The van der Waals surface area contributed by atoms with Crippen LogP contribution >= 0.6 is 22.7 Å². The number of hydrogen-bond donors (Lipinski definition) is 2. The molecular formula is C21H21N5O2S2. The van der Waals surface area contributed by atoms with Crippen LogP contribution in [-0.4, -0.2) is 26.8 Å². The molecule has 0 aromatic carbocycles. The first-order valence-electron chi connectivity index (χ1n) is 10.2. The monoisotopic (exact) mass is 439 g/mol. The summed E-state index contributed by atoms with van der Waals surface area (Å²) in [4.78, 5) is 41.1. The van der Waals surface area contributed by atoms with Gasteiger partial charge in [-0.3, -0.25) is 20.2 Å². The lowest BCUT2D eigenvalue weighted by Crippen LogP contribution is -2.18. The van der Waals surface area contributed by atoms with Crippen molar-refractivity contribution in [2.24, 2.45) is 0 Å². The fraction of sp³-hybridized carbons (Fsp3) is 0.381. The standard InChI is InChI=1S/C21H21N5O2S2/c27-18(25-20-23-12-6-1-3-10-16(12)29-20)14-8-5-9-15(22-14)19(28)26-21-24-13-7-2-4-11-17(13)30-21/h5,8-9H,1-4,6-7,10-11H2,(H,23,25,27)(H,24,26,28). The van der Waals surface area contributed by atoms with Crippen molar-refractivity contribution in [1.29, 1.82) is 0 Å². The number of thiazole rings is 2. The van der Waals surface area contributed by atoms with Crippen molar-refractivity contribution < 1.29 is 9.59 Å². The van der Waals surface area contributed by atoms with Crippen molar-refractivity contribution in [1.82, 2.24) is 15.0 Å². The van der Waals surface area contributed by atoms with E-state index in [2.05, 4.69) is 25.6 Å². The molecule has 0 atom stereocenters. The summed E-state index contributed by atoms with van der Waals surface area (Å²) in [5.74, 6) is -0.721. The van der Waals surface area contributed by atoms with Crippen LogP contribution in [0.2, 0.25) is 0 Å². The fourth-order valence-electron chi connectivity index (χ4n) is 3.82. The van der Waals surface area contributed by atoms with E-state index >= 15 is 0 Å². The third-order valence-corrected chi connectivity index (χ3v) is 7.49. The number of carbonyl (C=O) groups is 2. The van der Waals surface area contributed by atoms with E-state index in [1.54, 1.807) is 18.2 Å². The third kappa shape index (κ3) is 3.99. The number of aromatic nitrogens is 3. The molecule has 0 unspecified atom stereocenters. The lowest BCUT2D eigenvalue weighted by molar-refractivity contribution is 0.101. The Kier molecular flexibility index (Phi) is 5.30. The van der Waals surface area contributed by atoms with E-state index in [-0.39, 0.29) is 23.2 Å². The average molecular weight is 440 g/mol. The first-order valence-corrected chi connectivity index (χ1v) is 11.9. The van der Waals surface area contributed by atoms with Crippen LogP contribution in [0, 0.1) is 0 Å². The van der Waals surface area contributed by atoms with E-state index in [1.807, 2.05) is 0 Å². The number of hydrogen-bond acceptors (Lipinski definition) is 7. The zero-order chi connectivity index (χ0) is 20.5. The zero-order valence-electron chi connectivity index (χ0n) is 16.4. The van der Waals surface area contributed by atoms with Crippen molar-refractivity contribution in [3.05, 3.63) is 50.7 Å². The van der Waals surface area contributed by atoms with Crippen LogP contribution in [0.4, 0.5) is 10.3 Å². The number of amides is 2. The Balaban J connectivity index is 1.28. The first-order chi connectivity index (χ1) is 14.7. The molecule has 2 aliphatic rings. The molecule has 9 heteroatoms. The van der Waals surface area contributed by atoms with Gasteiger partial charge in [0.2, 0.25) is 0 Å². The largest absolute Gasteiger partial charge is 0.296 e. The van der Waals surface area contributed by atoms with E-state index < -0.39 is 0 Å². The van der Waals surface area contributed by atoms with Gasteiger partial charge < -0.3 is 0 Å². The van der Waals surface area contributed by atoms with Gasteiger partial charge in [0.1, 0.15) is 11.4 Å². The summed E-state index contributed by atoms with van der Waals surface area (Å²) < 4.78 is 0. The summed E-state index contributed by atoms with van der Waals surface area (Å²) in [6.07, 6.45) is 8.61. The maximum absolute atomic E-state index is 12.6. The van der Waals surface area contributed by atoms with Gasteiger partial charge in [-0.25, -0.2) is 15.0 Å².